The van der Waals surface area contributed by atoms with Crippen molar-refractivity contribution in [2.45, 2.75) is 19.6 Å². The van der Waals surface area contributed by atoms with Crippen LogP contribution in [0.4, 0.5) is 0 Å². The molecule has 164 valence electrons. The Labute approximate surface area is 197 Å². The molecule has 1 heterocycles. The molecular weight excluding hydrogens is 459 g/mol. The van der Waals surface area contributed by atoms with E-state index in [1.165, 1.54) is 0 Å². The molecule has 0 amide bonds. The highest BCUT2D eigenvalue weighted by atomic mass is 35.5. The number of nitrogens with zero attached hydrogens (tertiary/aromatic N) is 1. The third kappa shape index (κ3) is 7.18. The Hall–Kier alpha value is -2.18. The highest BCUT2D eigenvalue weighted by Gasteiger charge is 2.13. The summed E-state index contributed by atoms with van der Waals surface area (Å²) >= 11 is 18.5. The molecule has 0 unspecified atom stereocenters. The van der Waals surface area contributed by atoms with Gasteiger partial charge in [0, 0.05) is 18.8 Å². The monoisotopic (exact) mass is 480 g/mol. The van der Waals surface area contributed by atoms with Crippen molar-refractivity contribution < 1.29 is 14.2 Å². The second kappa shape index (κ2) is 12.0. The summed E-state index contributed by atoms with van der Waals surface area (Å²) in [5, 5.41) is 4.83. The first kappa shape index (κ1) is 23.5. The molecule has 0 atom stereocenters. The second-order valence-electron chi connectivity index (χ2n) is 6.69. The van der Waals surface area contributed by atoms with Gasteiger partial charge in [0.2, 0.25) is 5.88 Å². The molecule has 0 aliphatic carbocycles. The van der Waals surface area contributed by atoms with Gasteiger partial charge in [-0.3, -0.25) is 0 Å². The predicted octanol–water partition coefficient (Wildman–Crippen LogP) is 6.19. The lowest BCUT2D eigenvalue weighted by Crippen LogP contribution is -2.17. The van der Waals surface area contributed by atoms with E-state index in [-0.39, 0.29) is 0 Å². The number of hydrogen-bond acceptors (Lipinski definition) is 5. The first-order valence-electron chi connectivity index (χ1n) is 9.74. The third-order valence-electron chi connectivity index (χ3n) is 4.37. The van der Waals surface area contributed by atoms with Gasteiger partial charge in [0.25, 0.3) is 0 Å². The molecular formula is C23H23Cl3N2O3. The molecule has 1 N–H and O–H groups in total. The number of halogens is 3. The van der Waals surface area contributed by atoms with Gasteiger partial charge in [0.15, 0.2) is 11.5 Å². The lowest BCUT2D eigenvalue weighted by molar-refractivity contribution is 0.284. The molecule has 0 bridgehead atoms. The van der Waals surface area contributed by atoms with Gasteiger partial charge in [-0.25, -0.2) is 4.98 Å². The highest BCUT2D eigenvalue weighted by Crippen LogP contribution is 2.37. The molecule has 0 spiro atoms. The minimum absolute atomic E-state index is 0.292. The maximum Gasteiger partial charge on any atom is 0.213 e. The number of benzene rings is 2. The molecule has 2 aromatic carbocycles. The van der Waals surface area contributed by atoms with Crippen LogP contribution in [0.1, 0.15) is 17.5 Å². The van der Waals surface area contributed by atoms with Crippen molar-refractivity contribution in [1.29, 1.82) is 0 Å². The third-order valence-corrected chi connectivity index (χ3v) is 5.39. The van der Waals surface area contributed by atoms with E-state index < -0.39 is 0 Å². The average molecular weight is 482 g/mol. The number of rotatable bonds is 11. The van der Waals surface area contributed by atoms with Crippen LogP contribution in [-0.4, -0.2) is 25.2 Å². The Balaban J connectivity index is 1.49. The quantitative estimate of drug-likeness (QED) is 0.331. The number of nitrogens with one attached hydrogen (secondary N) is 1. The largest absolute Gasteiger partial charge is 0.493 e. The van der Waals surface area contributed by atoms with E-state index in [0.717, 1.165) is 24.1 Å². The molecule has 0 aliphatic heterocycles. The van der Waals surface area contributed by atoms with Crippen molar-refractivity contribution >= 4 is 34.8 Å². The highest BCUT2D eigenvalue weighted by molar-refractivity contribution is 6.42. The number of ether oxygens (including phenoxy) is 3. The maximum absolute atomic E-state index is 6.46. The van der Waals surface area contributed by atoms with Crippen molar-refractivity contribution in [3.05, 3.63) is 80.9 Å². The van der Waals surface area contributed by atoms with E-state index in [1.54, 1.807) is 25.4 Å². The molecule has 0 fully saturated rings. The number of aromatic nitrogens is 1. The van der Waals surface area contributed by atoms with Crippen LogP contribution in [-0.2, 0) is 13.2 Å². The summed E-state index contributed by atoms with van der Waals surface area (Å²) in [6.45, 7) is 2.32. The van der Waals surface area contributed by atoms with Gasteiger partial charge in [-0.05, 0) is 54.4 Å². The number of pyridine rings is 1. The first-order valence-corrected chi connectivity index (χ1v) is 10.9. The van der Waals surface area contributed by atoms with Crippen LogP contribution in [0.25, 0.3) is 0 Å². The van der Waals surface area contributed by atoms with E-state index in [1.807, 2.05) is 36.4 Å². The van der Waals surface area contributed by atoms with Crippen LogP contribution < -0.4 is 19.5 Å². The maximum atomic E-state index is 6.46. The van der Waals surface area contributed by atoms with Gasteiger partial charge in [0.05, 0.1) is 28.8 Å². The fourth-order valence-electron chi connectivity index (χ4n) is 2.84. The lowest BCUT2D eigenvalue weighted by atomic mass is 10.2. The molecule has 0 aliphatic rings. The minimum Gasteiger partial charge on any atom is -0.493 e. The molecule has 3 aromatic rings. The molecule has 0 saturated heterocycles. The van der Waals surface area contributed by atoms with Crippen molar-refractivity contribution in [3.8, 4) is 17.4 Å². The molecule has 5 nitrogen and oxygen atoms in total. The summed E-state index contributed by atoms with van der Waals surface area (Å²) in [6.07, 6.45) is 2.56. The van der Waals surface area contributed by atoms with Gasteiger partial charge in [-0.1, -0.05) is 46.9 Å². The van der Waals surface area contributed by atoms with E-state index in [0.29, 0.717) is 52.2 Å². The lowest BCUT2D eigenvalue weighted by Gasteiger charge is -2.15. The Morgan fingerprint density at radius 3 is 2.48 bits per heavy atom. The van der Waals surface area contributed by atoms with Crippen molar-refractivity contribution in [2.24, 2.45) is 0 Å². The van der Waals surface area contributed by atoms with Gasteiger partial charge >= 0.3 is 0 Å². The Bertz CT molecular complexity index is 987. The van der Waals surface area contributed by atoms with E-state index in [9.17, 15) is 0 Å². The van der Waals surface area contributed by atoms with Gasteiger partial charge in [-0.15, -0.1) is 0 Å². The molecule has 8 heteroatoms. The van der Waals surface area contributed by atoms with Gasteiger partial charge < -0.3 is 19.5 Å². The SMILES string of the molecule is COc1cc(CNCCCOc2ccccn2)cc(Cl)c1OCc1ccc(Cl)c(Cl)c1. The second-order valence-corrected chi connectivity index (χ2v) is 7.91. The van der Waals surface area contributed by atoms with Crippen LogP contribution in [0.15, 0.2) is 54.7 Å². The number of methoxy groups -OCH3 is 1. The van der Waals surface area contributed by atoms with Crippen LogP contribution >= 0.6 is 34.8 Å². The zero-order valence-corrected chi connectivity index (χ0v) is 19.3. The van der Waals surface area contributed by atoms with Crippen molar-refractivity contribution in [2.75, 3.05) is 20.3 Å². The normalized spacial score (nSPS) is 10.7. The summed E-state index contributed by atoms with van der Waals surface area (Å²) in [4.78, 5) is 4.13. The molecule has 1 aromatic heterocycles. The van der Waals surface area contributed by atoms with Crippen molar-refractivity contribution in [1.82, 2.24) is 10.3 Å². The first-order chi connectivity index (χ1) is 15.1. The molecule has 0 radical (unpaired) electrons. The zero-order valence-electron chi connectivity index (χ0n) is 17.0. The number of hydrogen-bond donors (Lipinski definition) is 1. The predicted molar refractivity (Wildman–Crippen MR) is 125 cm³/mol. The van der Waals surface area contributed by atoms with Gasteiger partial charge in [0.1, 0.15) is 6.61 Å². The topological polar surface area (TPSA) is 52.6 Å². The summed E-state index contributed by atoms with van der Waals surface area (Å²) in [6, 6.07) is 14.7. The standard InChI is InChI=1S/C23H23Cl3N2O3/c1-29-21-13-17(14-27-8-4-10-30-22-5-2-3-9-28-22)12-20(26)23(21)31-15-16-6-7-18(24)19(25)11-16/h2-3,5-7,9,11-13,27H,4,8,10,14-15H2,1H3. The van der Waals surface area contributed by atoms with E-state index in [4.69, 9.17) is 49.0 Å². The minimum atomic E-state index is 0.292. The zero-order chi connectivity index (χ0) is 22.1. The Morgan fingerprint density at radius 2 is 1.74 bits per heavy atom. The Kier molecular flexibility index (Phi) is 9.10. The molecule has 31 heavy (non-hydrogen) atoms. The molecule has 0 saturated carbocycles. The fraction of sp³-hybridized carbons (Fsp3) is 0.261. The smallest absolute Gasteiger partial charge is 0.213 e. The van der Waals surface area contributed by atoms with E-state index >= 15 is 0 Å². The van der Waals surface area contributed by atoms with Gasteiger partial charge in [-0.2, -0.15) is 0 Å². The average Bonchev–Trinajstić information content (AvgIpc) is 2.78. The summed E-state index contributed by atoms with van der Waals surface area (Å²) < 4.78 is 17.0. The van der Waals surface area contributed by atoms with E-state index in [2.05, 4.69) is 10.3 Å². The summed E-state index contributed by atoms with van der Waals surface area (Å²) in [7, 11) is 1.59. The van der Waals surface area contributed by atoms with Crippen LogP contribution in [0.2, 0.25) is 15.1 Å². The summed E-state index contributed by atoms with van der Waals surface area (Å²) in [5.41, 5.74) is 1.88. The fourth-order valence-corrected chi connectivity index (χ4v) is 3.45. The van der Waals surface area contributed by atoms with Crippen LogP contribution in [0.5, 0.6) is 17.4 Å². The van der Waals surface area contributed by atoms with Crippen LogP contribution in [0, 0.1) is 0 Å². The van der Waals surface area contributed by atoms with Crippen LogP contribution in [0.3, 0.4) is 0 Å². The Morgan fingerprint density at radius 1 is 0.903 bits per heavy atom. The van der Waals surface area contributed by atoms with Crippen molar-refractivity contribution in [3.63, 3.8) is 0 Å². The molecule has 3 rings (SSSR count). The summed E-state index contributed by atoms with van der Waals surface area (Å²) in [5.74, 6) is 1.70.